The summed E-state index contributed by atoms with van der Waals surface area (Å²) in [5.74, 6) is 1.74. The third-order valence-electron chi connectivity index (χ3n) is 3.66. The molecule has 5 nitrogen and oxygen atoms in total. The van der Waals surface area contributed by atoms with E-state index in [1.807, 2.05) is 31.3 Å². The minimum absolute atomic E-state index is 0. The number of benzene rings is 1. The Morgan fingerprint density at radius 2 is 1.83 bits per heavy atom. The quantitative estimate of drug-likeness (QED) is 0.428. The van der Waals surface area contributed by atoms with E-state index in [0.717, 1.165) is 18.3 Å². The predicted octanol–water partition coefficient (Wildman–Crippen LogP) is 2.94. The van der Waals surface area contributed by atoms with Crippen molar-refractivity contribution in [2.24, 2.45) is 4.99 Å². The van der Waals surface area contributed by atoms with E-state index in [1.165, 1.54) is 16.7 Å². The Hall–Kier alpha value is -1.83. The normalized spacial score (nSPS) is 10.8. The van der Waals surface area contributed by atoms with E-state index in [2.05, 4.69) is 57.9 Å². The van der Waals surface area contributed by atoms with E-state index in [4.69, 9.17) is 0 Å². The number of anilines is 1. The molecule has 0 saturated heterocycles. The molecule has 0 spiro atoms. The number of nitrogens with zero attached hydrogens (tertiary/aromatic N) is 3. The molecular weight excluding hydrogens is 413 g/mol. The number of guanidine groups is 1. The van der Waals surface area contributed by atoms with Crippen molar-refractivity contribution >= 4 is 35.8 Å². The first-order chi connectivity index (χ1) is 11.1. The van der Waals surface area contributed by atoms with Gasteiger partial charge >= 0.3 is 0 Å². The lowest BCUT2D eigenvalue weighted by Gasteiger charge is -2.15. The van der Waals surface area contributed by atoms with Gasteiger partial charge in [0.1, 0.15) is 5.82 Å². The van der Waals surface area contributed by atoms with Crippen molar-refractivity contribution in [1.29, 1.82) is 0 Å². The van der Waals surface area contributed by atoms with E-state index in [0.29, 0.717) is 6.54 Å². The minimum atomic E-state index is 0. The second-order valence-electron chi connectivity index (χ2n) is 5.62. The van der Waals surface area contributed by atoms with Crippen LogP contribution in [0.5, 0.6) is 0 Å². The molecule has 0 saturated carbocycles. The average Bonchev–Trinajstić information content (AvgIpc) is 2.56. The zero-order valence-corrected chi connectivity index (χ0v) is 17.0. The number of halogens is 1. The van der Waals surface area contributed by atoms with E-state index < -0.39 is 0 Å². The largest absolute Gasteiger partial charge is 0.363 e. The zero-order chi connectivity index (χ0) is 16.7. The van der Waals surface area contributed by atoms with E-state index >= 15 is 0 Å². The Labute approximate surface area is 161 Å². The number of hydrogen-bond acceptors (Lipinski definition) is 3. The van der Waals surface area contributed by atoms with Crippen LogP contribution in [0.4, 0.5) is 5.82 Å². The van der Waals surface area contributed by atoms with Gasteiger partial charge in [-0.25, -0.2) is 4.98 Å². The van der Waals surface area contributed by atoms with Crippen molar-refractivity contribution in [3.8, 4) is 0 Å². The fourth-order valence-corrected chi connectivity index (χ4v) is 2.21. The number of hydrogen-bond donors (Lipinski definition) is 2. The lowest BCUT2D eigenvalue weighted by molar-refractivity contribution is 0.805. The number of rotatable bonds is 5. The third kappa shape index (κ3) is 5.99. The van der Waals surface area contributed by atoms with Crippen LogP contribution in [0.25, 0.3) is 0 Å². The first-order valence-corrected chi connectivity index (χ1v) is 7.71. The van der Waals surface area contributed by atoms with Gasteiger partial charge in [0.25, 0.3) is 0 Å². The summed E-state index contributed by atoms with van der Waals surface area (Å²) in [5, 5.41) is 6.68. The molecule has 2 N–H and O–H groups in total. The molecule has 130 valence electrons. The van der Waals surface area contributed by atoms with Crippen LogP contribution in [0.2, 0.25) is 0 Å². The van der Waals surface area contributed by atoms with Crippen LogP contribution in [-0.2, 0) is 13.1 Å². The molecule has 0 aliphatic heterocycles. The molecular formula is C18H26IN5. The van der Waals surface area contributed by atoms with Crippen molar-refractivity contribution in [3.63, 3.8) is 0 Å². The molecule has 2 rings (SSSR count). The standard InChI is InChI=1S/C18H25N5.HI/c1-14-7-5-6-8-16(14)13-22-18(19-2)21-12-15-9-10-20-17(11-15)23(3)4;/h5-11H,12-13H2,1-4H3,(H2,19,21,22);1H. The number of nitrogens with one attached hydrogen (secondary N) is 2. The van der Waals surface area contributed by atoms with Crippen LogP contribution in [0.1, 0.15) is 16.7 Å². The zero-order valence-electron chi connectivity index (χ0n) is 14.7. The van der Waals surface area contributed by atoms with Crippen LogP contribution >= 0.6 is 24.0 Å². The van der Waals surface area contributed by atoms with Gasteiger partial charge in [-0.1, -0.05) is 24.3 Å². The SMILES string of the molecule is CN=C(NCc1ccnc(N(C)C)c1)NCc1ccccc1C.I. The summed E-state index contributed by atoms with van der Waals surface area (Å²) in [6.45, 7) is 3.58. The van der Waals surface area contributed by atoms with E-state index in [9.17, 15) is 0 Å². The number of aryl methyl sites for hydroxylation is 1. The summed E-state index contributed by atoms with van der Waals surface area (Å²) in [6, 6.07) is 12.4. The van der Waals surface area contributed by atoms with Crippen LogP contribution in [0.3, 0.4) is 0 Å². The van der Waals surface area contributed by atoms with Crippen molar-refractivity contribution in [2.45, 2.75) is 20.0 Å². The molecule has 0 aliphatic carbocycles. The van der Waals surface area contributed by atoms with Crippen molar-refractivity contribution in [1.82, 2.24) is 15.6 Å². The first-order valence-electron chi connectivity index (χ1n) is 7.71. The van der Waals surface area contributed by atoms with Crippen LogP contribution in [0, 0.1) is 6.92 Å². The highest BCUT2D eigenvalue weighted by atomic mass is 127. The van der Waals surface area contributed by atoms with Gasteiger partial charge in [-0.05, 0) is 35.7 Å². The molecule has 2 aromatic rings. The van der Waals surface area contributed by atoms with Crippen LogP contribution in [0.15, 0.2) is 47.6 Å². The monoisotopic (exact) mass is 439 g/mol. The third-order valence-corrected chi connectivity index (χ3v) is 3.66. The lowest BCUT2D eigenvalue weighted by Crippen LogP contribution is -2.36. The van der Waals surface area contributed by atoms with Gasteiger partial charge in [0, 0.05) is 40.4 Å². The Bertz CT molecular complexity index is 670. The summed E-state index contributed by atoms with van der Waals surface area (Å²) in [5.41, 5.74) is 3.72. The molecule has 0 fully saturated rings. The molecule has 1 heterocycles. The Balaban J connectivity index is 0.00000288. The van der Waals surface area contributed by atoms with Gasteiger partial charge in [0.15, 0.2) is 5.96 Å². The van der Waals surface area contributed by atoms with Gasteiger partial charge in [-0.15, -0.1) is 24.0 Å². The second kappa shape index (κ2) is 10.1. The molecule has 1 aromatic heterocycles. The molecule has 0 atom stereocenters. The Morgan fingerprint density at radius 1 is 1.12 bits per heavy atom. The van der Waals surface area contributed by atoms with Crippen molar-refractivity contribution in [3.05, 3.63) is 59.3 Å². The fraction of sp³-hybridized carbons (Fsp3) is 0.333. The smallest absolute Gasteiger partial charge is 0.191 e. The minimum Gasteiger partial charge on any atom is -0.363 e. The van der Waals surface area contributed by atoms with Crippen molar-refractivity contribution < 1.29 is 0 Å². The second-order valence-corrected chi connectivity index (χ2v) is 5.62. The van der Waals surface area contributed by atoms with Gasteiger partial charge in [-0.3, -0.25) is 4.99 Å². The highest BCUT2D eigenvalue weighted by molar-refractivity contribution is 14.0. The van der Waals surface area contributed by atoms with Gasteiger partial charge in [0.05, 0.1) is 0 Å². The van der Waals surface area contributed by atoms with Gasteiger partial charge in [-0.2, -0.15) is 0 Å². The Kier molecular flexibility index (Phi) is 8.53. The molecule has 1 aromatic carbocycles. The van der Waals surface area contributed by atoms with Crippen molar-refractivity contribution in [2.75, 3.05) is 26.0 Å². The highest BCUT2D eigenvalue weighted by Gasteiger charge is 2.02. The molecule has 24 heavy (non-hydrogen) atoms. The topological polar surface area (TPSA) is 52.6 Å². The number of aliphatic imine (C=N–C) groups is 1. The molecule has 0 unspecified atom stereocenters. The Morgan fingerprint density at radius 3 is 2.50 bits per heavy atom. The molecule has 6 heteroatoms. The molecule has 0 aliphatic rings. The van der Waals surface area contributed by atoms with Crippen LogP contribution in [-0.4, -0.2) is 32.1 Å². The molecule has 0 amide bonds. The average molecular weight is 439 g/mol. The van der Waals surface area contributed by atoms with Gasteiger partial charge in [0.2, 0.25) is 0 Å². The predicted molar refractivity (Wildman–Crippen MR) is 112 cm³/mol. The summed E-state index contributed by atoms with van der Waals surface area (Å²) in [7, 11) is 5.76. The number of aromatic nitrogens is 1. The number of pyridine rings is 1. The van der Waals surface area contributed by atoms with Gasteiger partial charge < -0.3 is 15.5 Å². The summed E-state index contributed by atoms with van der Waals surface area (Å²) in [6.07, 6.45) is 1.83. The summed E-state index contributed by atoms with van der Waals surface area (Å²) in [4.78, 5) is 10.6. The maximum Gasteiger partial charge on any atom is 0.191 e. The maximum atomic E-state index is 4.32. The lowest BCUT2D eigenvalue weighted by atomic mass is 10.1. The first kappa shape index (κ1) is 20.2. The van der Waals surface area contributed by atoms with E-state index in [1.54, 1.807) is 7.05 Å². The summed E-state index contributed by atoms with van der Waals surface area (Å²) >= 11 is 0. The van der Waals surface area contributed by atoms with Crippen LogP contribution < -0.4 is 15.5 Å². The van der Waals surface area contributed by atoms with E-state index in [-0.39, 0.29) is 24.0 Å². The molecule has 0 bridgehead atoms. The summed E-state index contributed by atoms with van der Waals surface area (Å²) < 4.78 is 0. The molecule has 0 radical (unpaired) electrons. The maximum absolute atomic E-state index is 4.32. The highest BCUT2D eigenvalue weighted by Crippen LogP contribution is 2.09. The fourth-order valence-electron chi connectivity index (χ4n) is 2.21.